The van der Waals surface area contributed by atoms with E-state index < -0.39 is 0 Å². The predicted octanol–water partition coefficient (Wildman–Crippen LogP) is 2.35. The second-order valence-electron chi connectivity index (χ2n) is 4.79. The van der Waals surface area contributed by atoms with E-state index in [4.69, 9.17) is 4.74 Å². The summed E-state index contributed by atoms with van der Waals surface area (Å²) in [6.07, 6.45) is 3.94. The number of hydrogen-bond donors (Lipinski definition) is 0. The Balaban J connectivity index is 2.17. The number of ether oxygens (including phenoxy) is 1. The summed E-state index contributed by atoms with van der Waals surface area (Å²) in [5.74, 6) is 1.07. The van der Waals surface area contributed by atoms with Crippen LogP contribution in [0.1, 0.15) is 37.0 Å². The monoisotopic (exact) mass is 248 g/mol. The van der Waals surface area contributed by atoms with Crippen molar-refractivity contribution in [1.29, 1.82) is 0 Å². The first-order chi connectivity index (χ1) is 8.72. The average Bonchev–Trinajstić information content (AvgIpc) is 2.39. The number of amides is 1. The molecule has 1 aromatic rings. The molecule has 1 fully saturated rings. The van der Waals surface area contributed by atoms with Crippen molar-refractivity contribution in [2.45, 2.75) is 26.7 Å². The number of nitrogens with zero attached hydrogens (tertiary/aromatic N) is 2. The molecule has 1 unspecified atom stereocenters. The van der Waals surface area contributed by atoms with E-state index in [-0.39, 0.29) is 5.91 Å². The van der Waals surface area contributed by atoms with Gasteiger partial charge in [0, 0.05) is 19.3 Å². The molecule has 18 heavy (non-hydrogen) atoms. The Morgan fingerprint density at radius 3 is 3.17 bits per heavy atom. The van der Waals surface area contributed by atoms with Crippen LogP contribution in [0.2, 0.25) is 0 Å². The van der Waals surface area contributed by atoms with Gasteiger partial charge in [-0.2, -0.15) is 0 Å². The number of likely N-dealkylation sites (tertiary alicyclic amines) is 1. The van der Waals surface area contributed by atoms with Crippen molar-refractivity contribution in [3.8, 4) is 5.88 Å². The molecule has 4 nitrogen and oxygen atoms in total. The van der Waals surface area contributed by atoms with Gasteiger partial charge in [0.25, 0.3) is 5.91 Å². The molecular formula is C14H20N2O2. The topological polar surface area (TPSA) is 42.4 Å². The first-order valence-electron chi connectivity index (χ1n) is 6.59. The van der Waals surface area contributed by atoms with Gasteiger partial charge in [-0.15, -0.1) is 0 Å². The van der Waals surface area contributed by atoms with Gasteiger partial charge in [-0.05, 0) is 37.8 Å². The van der Waals surface area contributed by atoms with Gasteiger partial charge in [0.15, 0.2) is 0 Å². The Hall–Kier alpha value is -1.58. The van der Waals surface area contributed by atoms with Crippen LogP contribution in [0.15, 0.2) is 18.3 Å². The van der Waals surface area contributed by atoms with Crippen molar-refractivity contribution < 1.29 is 9.53 Å². The molecule has 0 aliphatic carbocycles. The van der Waals surface area contributed by atoms with Crippen molar-refractivity contribution in [3.05, 3.63) is 23.9 Å². The Morgan fingerprint density at radius 1 is 1.61 bits per heavy atom. The number of carbonyl (C=O) groups is 1. The lowest BCUT2D eigenvalue weighted by Crippen LogP contribution is -2.39. The zero-order chi connectivity index (χ0) is 13.0. The molecule has 1 amide bonds. The molecule has 2 heterocycles. The maximum absolute atomic E-state index is 12.4. The van der Waals surface area contributed by atoms with Crippen molar-refractivity contribution >= 4 is 5.91 Å². The minimum absolute atomic E-state index is 0.0399. The van der Waals surface area contributed by atoms with Crippen molar-refractivity contribution in [2.75, 3.05) is 19.7 Å². The Bertz CT molecular complexity index is 420. The van der Waals surface area contributed by atoms with Crippen LogP contribution in [-0.2, 0) is 0 Å². The zero-order valence-electron chi connectivity index (χ0n) is 11.1. The van der Waals surface area contributed by atoms with Gasteiger partial charge in [-0.3, -0.25) is 4.79 Å². The highest BCUT2D eigenvalue weighted by molar-refractivity contribution is 5.96. The molecule has 1 saturated heterocycles. The molecule has 0 N–H and O–H groups in total. The molecular weight excluding hydrogens is 228 g/mol. The summed E-state index contributed by atoms with van der Waals surface area (Å²) >= 11 is 0. The Morgan fingerprint density at radius 2 is 2.44 bits per heavy atom. The van der Waals surface area contributed by atoms with E-state index in [0.717, 1.165) is 19.5 Å². The third-order valence-corrected chi connectivity index (χ3v) is 3.23. The molecule has 0 saturated carbocycles. The molecule has 98 valence electrons. The Labute approximate surface area is 108 Å². The van der Waals surface area contributed by atoms with Gasteiger partial charge in [0.05, 0.1) is 6.61 Å². The average molecular weight is 248 g/mol. The summed E-state index contributed by atoms with van der Waals surface area (Å²) in [4.78, 5) is 18.5. The third-order valence-electron chi connectivity index (χ3n) is 3.23. The summed E-state index contributed by atoms with van der Waals surface area (Å²) in [5.41, 5.74) is 0.577. The fourth-order valence-corrected chi connectivity index (χ4v) is 2.35. The van der Waals surface area contributed by atoms with Gasteiger partial charge in [0.2, 0.25) is 5.88 Å². The third kappa shape index (κ3) is 2.81. The number of piperidine rings is 1. The highest BCUT2D eigenvalue weighted by atomic mass is 16.5. The van der Waals surface area contributed by atoms with Crippen LogP contribution in [0.3, 0.4) is 0 Å². The minimum Gasteiger partial charge on any atom is -0.477 e. The lowest BCUT2D eigenvalue weighted by molar-refractivity contribution is 0.0678. The van der Waals surface area contributed by atoms with Gasteiger partial charge in [0.1, 0.15) is 5.56 Å². The van der Waals surface area contributed by atoms with Crippen LogP contribution >= 0.6 is 0 Å². The van der Waals surface area contributed by atoms with Gasteiger partial charge in [-0.1, -0.05) is 6.92 Å². The number of hydrogen-bond acceptors (Lipinski definition) is 3. The summed E-state index contributed by atoms with van der Waals surface area (Å²) in [6.45, 7) is 6.27. The molecule has 0 aromatic carbocycles. The molecule has 0 radical (unpaired) electrons. The minimum atomic E-state index is 0.0399. The molecule has 4 heteroatoms. The van der Waals surface area contributed by atoms with E-state index in [0.29, 0.717) is 24.0 Å². The molecule has 1 atom stereocenters. The van der Waals surface area contributed by atoms with E-state index >= 15 is 0 Å². The highest BCUT2D eigenvalue weighted by Crippen LogP contribution is 2.21. The van der Waals surface area contributed by atoms with Crippen molar-refractivity contribution in [1.82, 2.24) is 9.88 Å². The lowest BCUT2D eigenvalue weighted by atomic mass is 10.00. The first-order valence-corrected chi connectivity index (χ1v) is 6.59. The smallest absolute Gasteiger partial charge is 0.259 e. The molecule has 0 spiro atoms. The number of rotatable bonds is 3. The standard InChI is InChI=1S/C14H20N2O2/c1-3-18-13-12(7-4-8-15-13)14(17)16-9-5-6-11(2)10-16/h4,7-8,11H,3,5-6,9-10H2,1-2H3. The maximum atomic E-state index is 12.4. The number of aromatic nitrogens is 1. The van der Waals surface area contributed by atoms with Crippen LogP contribution in [-0.4, -0.2) is 35.5 Å². The summed E-state index contributed by atoms with van der Waals surface area (Å²) in [7, 11) is 0. The summed E-state index contributed by atoms with van der Waals surface area (Å²) in [5, 5.41) is 0. The zero-order valence-corrected chi connectivity index (χ0v) is 11.1. The Kier molecular flexibility index (Phi) is 4.18. The van der Waals surface area contributed by atoms with Crippen molar-refractivity contribution in [3.63, 3.8) is 0 Å². The van der Waals surface area contributed by atoms with E-state index in [9.17, 15) is 4.79 Å². The first kappa shape index (κ1) is 12.9. The molecule has 1 aromatic heterocycles. The summed E-state index contributed by atoms with van der Waals surface area (Å²) in [6, 6.07) is 3.57. The van der Waals surface area contributed by atoms with Crippen molar-refractivity contribution in [2.24, 2.45) is 5.92 Å². The molecule has 0 bridgehead atoms. The largest absolute Gasteiger partial charge is 0.477 e. The number of carbonyl (C=O) groups excluding carboxylic acids is 1. The fraction of sp³-hybridized carbons (Fsp3) is 0.571. The van der Waals surface area contributed by atoms with E-state index in [1.807, 2.05) is 11.8 Å². The maximum Gasteiger partial charge on any atom is 0.259 e. The van der Waals surface area contributed by atoms with Gasteiger partial charge < -0.3 is 9.64 Å². The number of pyridine rings is 1. The second-order valence-corrected chi connectivity index (χ2v) is 4.79. The van der Waals surface area contributed by atoms with Crippen LogP contribution < -0.4 is 4.74 Å². The molecule has 2 rings (SSSR count). The van der Waals surface area contributed by atoms with E-state index in [2.05, 4.69) is 11.9 Å². The second kappa shape index (κ2) is 5.85. The molecule has 1 aliphatic heterocycles. The van der Waals surface area contributed by atoms with Crippen LogP contribution in [0, 0.1) is 5.92 Å². The quantitative estimate of drug-likeness (QED) is 0.824. The highest BCUT2D eigenvalue weighted by Gasteiger charge is 2.24. The van der Waals surface area contributed by atoms with E-state index in [1.165, 1.54) is 6.42 Å². The van der Waals surface area contributed by atoms with E-state index in [1.54, 1.807) is 18.3 Å². The van der Waals surface area contributed by atoms with Crippen LogP contribution in [0.5, 0.6) is 5.88 Å². The van der Waals surface area contributed by atoms with Crippen LogP contribution in [0.25, 0.3) is 0 Å². The van der Waals surface area contributed by atoms with Gasteiger partial charge in [-0.25, -0.2) is 4.98 Å². The molecule has 1 aliphatic rings. The normalized spacial score (nSPS) is 19.7. The van der Waals surface area contributed by atoms with Crippen LogP contribution in [0.4, 0.5) is 0 Å². The summed E-state index contributed by atoms with van der Waals surface area (Å²) < 4.78 is 5.42. The fourth-order valence-electron chi connectivity index (χ4n) is 2.35. The SMILES string of the molecule is CCOc1ncccc1C(=O)N1CCCC(C)C1. The lowest BCUT2D eigenvalue weighted by Gasteiger charge is -2.31. The predicted molar refractivity (Wildman–Crippen MR) is 69.7 cm³/mol. The van der Waals surface area contributed by atoms with Gasteiger partial charge >= 0.3 is 0 Å².